The highest BCUT2D eigenvalue weighted by atomic mass is 32.1. The lowest BCUT2D eigenvalue weighted by atomic mass is 10.0. The van der Waals surface area contributed by atoms with Gasteiger partial charge in [-0.2, -0.15) is 0 Å². The van der Waals surface area contributed by atoms with Gasteiger partial charge < -0.3 is 20.3 Å². The molecule has 0 radical (unpaired) electrons. The summed E-state index contributed by atoms with van der Waals surface area (Å²) in [4.78, 5) is 35.0. The van der Waals surface area contributed by atoms with E-state index in [1.165, 1.54) is 0 Å². The number of benzene rings is 1. The predicted molar refractivity (Wildman–Crippen MR) is 128 cm³/mol. The standard InChI is InChI=1S/C25H26N4O3S/c1-16(2)22(28-25(31)32)24(30)29-13-3-6-21(29)23-26-15-20(27-23)18-10-7-17(8-11-18)9-12-19-5-4-14-33-19/h4-5,7-8,10-11,14-16,21-22,28H,3,6,13H2,1-2H3,(H,26,27)(H,31,32)/t21-,22-/m0/s1. The van der Waals surface area contributed by atoms with Gasteiger partial charge in [-0.25, -0.2) is 9.78 Å². The van der Waals surface area contributed by atoms with E-state index in [1.807, 2.05) is 55.6 Å². The van der Waals surface area contributed by atoms with Crippen molar-refractivity contribution in [3.63, 3.8) is 0 Å². The van der Waals surface area contributed by atoms with Gasteiger partial charge in [0, 0.05) is 12.1 Å². The number of H-pyrrole nitrogens is 1. The van der Waals surface area contributed by atoms with E-state index in [4.69, 9.17) is 5.11 Å². The van der Waals surface area contributed by atoms with Crippen LogP contribution in [0.15, 0.2) is 48.0 Å². The first kappa shape index (κ1) is 22.6. The molecule has 170 valence electrons. The number of carbonyl (C=O) groups excluding carboxylic acids is 1. The number of nitrogens with one attached hydrogen (secondary N) is 2. The van der Waals surface area contributed by atoms with Crippen molar-refractivity contribution in [2.75, 3.05) is 6.54 Å². The molecule has 4 rings (SSSR count). The molecule has 3 heterocycles. The Hall–Kier alpha value is -3.57. The molecule has 2 amide bonds. The average Bonchev–Trinajstić information content (AvgIpc) is 3.56. The van der Waals surface area contributed by atoms with Gasteiger partial charge in [0.2, 0.25) is 5.91 Å². The lowest BCUT2D eigenvalue weighted by molar-refractivity contribution is -0.135. The zero-order valence-corrected chi connectivity index (χ0v) is 19.4. The second kappa shape index (κ2) is 9.92. The maximum atomic E-state index is 13.1. The second-order valence-electron chi connectivity index (χ2n) is 8.35. The number of rotatable bonds is 5. The van der Waals surface area contributed by atoms with Crippen molar-refractivity contribution in [2.45, 2.75) is 38.8 Å². The van der Waals surface area contributed by atoms with Gasteiger partial charge in [-0.15, -0.1) is 11.3 Å². The molecule has 0 spiro atoms. The average molecular weight is 463 g/mol. The molecule has 0 aliphatic carbocycles. The third-order valence-electron chi connectivity index (χ3n) is 5.71. The first-order valence-electron chi connectivity index (χ1n) is 10.9. The van der Waals surface area contributed by atoms with Gasteiger partial charge in [-0.1, -0.05) is 43.9 Å². The molecule has 1 aromatic carbocycles. The monoisotopic (exact) mass is 462 g/mol. The maximum absolute atomic E-state index is 13.1. The SMILES string of the molecule is CC(C)[C@H](NC(=O)O)C(=O)N1CCC[C@H]1c1ncc(-c2ccc(C#Cc3cccs3)cc2)[nH]1. The van der Waals surface area contributed by atoms with Gasteiger partial charge in [0.15, 0.2) is 0 Å². The third-order valence-corrected chi connectivity index (χ3v) is 6.49. The summed E-state index contributed by atoms with van der Waals surface area (Å²) in [5.74, 6) is 6.69. The zero-order chi connectivity index (χ0) is 23.4. The smallest absolute Gasteiger partial charge is 0.405 e. The van der Waals surface area contributed by atoms with Gasteiger partial charge in [0.1, 0.15) is 11.9 Å². The van der Waals surface area contributed by atoms with Crippen LogP contribution in [0.2, 0.25) is 0 Å². The lowest BCUT2D eigenvalue weighted by Gasteiger charge is -2.29. The fourth-order valence-electron chi connectivity index (χ4n) is 4.01. The van der Waals surface area contributed by atoms with Crippen molar-refractivity contribution in [1.29, 1.82) is 0 Å². The van der Waals surface area contributed by atoms with Crippen molar-refractivity contribution in [2.24, 2.45) is 5.92 Å². The van der Waals surface area contributed by atoms with Gasteiger partial charge in [0.25, 0.3) is 0 Å². The molecule has 2 atom stereocenters. The van der Waals surface area contributed by atoms with E-state index in [0.717, 1.165) is 40.4 Å². The van der Waals surface area contributed by atoms with Crippen LogP contribution in [0.3, 0.4) is 0 Å². The fraction of sp³-hybridized carbons (Fsp3) is 0.320. The van der Waals surface area contributed by atoms with E-state index in [9.17, 15) is 9.59 Å². The summed E-state index contributed by atoms with van der Waals surface area (Å²) in [5, 5.41) is 13.5. The molecule has 1 aliphatic rings. The van der Waals surface area contributed by atoms with Gasteiger partial charge >= 0.3 is 6.09 Å². The largest absolute Gasteiger partial charge is 0.465 e. The van der Waals surface area contributed by atoms with Crippen LogP contribution in [0.5, 0.6) is 0 Å². The minimum atomic E-state index is -1.19. The molecule has 1 saturated heterocycles. The number of hydrogen-bond donors (Lipinski definition) is 3. The maximum Gasteiger partial charge on any atom is 0.405 e. The Balaban J connectivity index is 1.49. The summed E-state index contributed by atoms with van der Waals surface area (Å²) in [5.41, 5.74) is 2.79. The van der Waals surface area contributed by atoms with Crippen LogP contribution in [-0.4, -0.2) is 44.6 Å². The van der Waals surface area contributed by atoms with Crippen molar-refractivity contribution >= 4 is 23.3 Å². The van der Waals surface area contributed by atoms with Gasteiger partial charge in [-0.05, 0) is 47.9 Å². The molecule has 0 bridgehead atoms. The van der Waals surface area contributed by atoms with E-state index < -0.39 is 12.1 Å². The normalized spacial score (nSPS) is 16.3. The molecule has 3 aromatic rings. The molecule has 1 aliphatic heterocycles. The van der Waals surface area contributed by atoms with Crippen molar-refractivity contribution in [1.82, 2.24) is 20.2 Å². The van der Waals surface area contributed by atoms with Crippen LogP contribution in [0.4, 0.5) is 4.79 Å². The predicted octanol–water partition coefficient (Wildman–Crippen LogP) is 4.49. The van der Waals surface area contributed by atoms with Crippen LogP contribution in [0, 0.1) is 17.8 Å². The van der Waals surface area contributed by atoms with E-state index in [2.05, 4.69) is 27.1 Å². The van der Waals surface area contributed by atoms with E-state index in [0.29, 0.717) is 6.54 Å². The lowest BCUT2D eigenvalue weighted by Crippen LogP contribution is -2.50. The Morgan fingerprint density at radius 1 is 1.24 bits per heavy atom. The summed E-state index contributed by atoms with van der Waals surface area (Å²) >= 11 is 1.62. The van der Waals surface area contributed by atoms with Crippen molar-refractivity contribution in [3.05, 3.63) is 64.2 Å². The number of aromatic amines is 1. The second-order valence-corrected chi connectivity index (χ2v) is 9.30. The van der Waals surface area contributed by atoms with Crippen LogP contribution in [0.1, 0.15) is 49.0 Å². The highest BCUT2D eigenvalue weighted by molar-refractivity contribution is 7.10. The molecular formula is C25H26N4O3S. The summed E-state index contributed by atoms with van der Waals surface area (Å²) in [6, 6.07) is 11.0. The van der Waals surface area contributed by atoms with Crippen LogP contribution < -0.4 is 5.32 Å². The molecule has 33 heavy (non-hydrogen) atoms. The van der Waals surface area contributed by atoms with Gasteiger partial charge in [0.05, 0.1) is 22.8 Å². The molecule has 3 N–H and O–H groups in total. The summed E-state index contributed by atoms with van der Waals surface area (Å²) < 4.78 is 0. The number of carboxylic acid groups (broad SMARTS) is 1. The number of likely N-dealkylation sites (tertiary alicyclic amines) is 1. The highest BCUT2D eigenvalue weighted by Gasteiger charge is 2.37. The Bertz CT molecular complexity index is 1170. The number of thiophene rings is 1. The minimum absolute atomic E-state index is 0.150. The minimum Gasteiger partial charge on any atom is -0.465 e. The first-order valence-corrected chi connectivity index (χ1v) is 11.8. The number of aromatic nitrogens is 2. The topological polar surface area (TPSA) is 98.3 Å². The number of amides is 2. The Morgan fingerprint density at radius 2 is 2.03 bits per heavy atom. The van der Waals surface area contributed by atoms with Crippen molar-refractivity contribution in [3.8, 4) is 23.1 Å². The summed E-state index contributed by atoms with van der Waals surface area (Å²) in [6.07, 6.45) is 2.22. The number of hydrogen-bond acceptors (Lipinski definition) is 4. The molecule has 2 aromatic heterocycles. The quantitative estimate of drug-likeness (QED) is 0.487. The third kappa shape index (κ3) is 5.26. The molecule has 0 unspecified atom stereocenters. The Morgan fingerprint density at radius 3 is 2.70 bits per heavy atom. The number of carbonyl (C=O) groups is 2. The molecule has 0 saturated carbocycles. The highest BCUT2D eigenvalue weighted by Crippen LogP contribution is 2.32. The molecule has 1 fully saturated rings. The van der Waals surface area contributed by atoms with E-state index in [1.54, 1.807) is 22.4 Å². The fourth-order valence-corrected chi connectivity index (χ4v) is 4.58. The van der Waals surface area contributed by atoms with E-state index in [-0.39, 0.29) is 17.9 Å². The number of nitrogens with zero attached hydrogens (tertiary/aromatic N) is 2. The van der Waals surface area contributed by atoms with Crippen LogP contribution in [-0.2, 0) is 4.79 Å². The van der Waals surface area contributed by atoms with Crippen molar-refractivity contribution < 1.29 is 14.7 Å². The Kier molecular flexibility index (Phi) is 6.80. The molecule has 8 heteroatoms. The summed E-state index contributed by atoms with van der Waals surface area (Å²) in [6.45, 7) is 4.26. The zero-order valence-electron chi connectivity index (χ0n) is 18.5. The molecule has 7 nitrogen and oxygen atoms in total. The number of imidazole rings is 1. The Labute approximate surface area is 196 Å². The van der Waals surface area contributed by atoms with Crippen LogP contribution >= 0.6 is 11.3 Å². The first-order chi connectivity index (χ1) is 15.9. The summed E-state index contributed by atoms with van der Waals surface area (Å²) in [7, 11) is 0. The van der Waals surface area contributed by atoms with E-state index >= 15 is 0 Å². The molecular weight excluding hydrogens is 436 g/mol. The van der Waals surface area contributed by atoms with Gasteiger partial charge in [-0.3, -0.25) is 4.79 Å². The van der Waals surface area contributed by atoms with Crippen LogP contribution in [0.25, 0.3) is 11.3 Å².